The van der Waals surface area contributed by atoms with Crippen LogP contribution in [0.25, 0.3) is 0 Å². The number of nitrogens with one attached hydrogen (secondary N) is 1. The van der Waals surface area contributed by atoms with Gasteiger partial charge in [0.05, 0.1) is 16.6 Å². The molecule has 0 saturated heterocycles. The van der Waals surface area contributed by atoms with Crippen molar-refractivity contribution in [3.05, 3.63) is 51.2 Å². The van der Waals surface area contributed by atoms with Gasteiger partial charge in [-0.2, -0.15) is 0 Å². The lowest BCUT2D eigenvalue weighted by Gasteiger charge is -2.14. The van der Waals surface area contributed by atoms with Crippen LogP contribution in [0.2, 0.25) is 5.02 Å². The van der Waals surface area contributed by atoms with E-state index >= 15 is 0 Å². The van der Waals surface area contributed by atoms with Gasteiger partial charge in [0, 0.05) is 4.88 Å². The smallest absolute Gasteiger partial charge is 0.335 e. The van der Waals surface area contributed by atoms with Crippen LogP contribution in [0.1, 0.15) is 28.2 Å². The number of halogens is 1. The summed E-state index contributed by atoms with van der Waals surface area (Å²) < 4.78 is 27.2. The van der Waals surface area contributed by atoms with Crippen LogP contribution in [-0.4, -0.2) is 19.5 Å². The molecule has 1 atom stereocenters. The van der Waals surface area contributed by atoms with Gasteiger partial charge in [-0.1, -0.05) is 17.7 Å². The summed E-state index contributed by atoms with van der Waals surface area (Å²) in [6.07, 6.45) is 0. The van der Waals surface area contributed by atoms with Crippen molar-refractivity contribution in [2.24, 2.45) is 0 Å². The van der Waals surface area contributed by atoms with E-state index < -0.39 is 22.0 Å². The molecular weight excluding hydrogens is 334 g/mol. The highest BCUT2D eigenvalue weighted by atomic mass is 35.5. The summed E-state index contributed by atoms with van der Waals surface area (Å²) >= 11 is 7.31. The Morgan fingerprint density at radius 1 is 1.38 bits per heavy atom. The minimum Gasteiger partial charge on any atom is -0.478 e. The van der Waals surface area contributed by atoms with Crippen molar-refractivity contribution in [2.75, 3.05) is 0 Å². The summed E-state index contributed by atoms with van der Waals surface area (Å²) in [4.78, 5) is 11.6. The quantitative estimate of drug-likeness (QED) is 0.872. The Hall–Kier alpha value is -1.41. The third-order valence-electron chi connectivity index (χ3n) is 2.77. The first-order valence-electron chi connectivity index (χ1n) is 5.90. The molecule has 21 heavy (non-hydrogen) atoms. The number of thiophene rings is 1. The zero-order valence-electron chi connectivity index (χ0n) is 10.9. The number of hydrogen-bond donors (Lipinski definition) is 2. The van der Waals surface area contributed by atoms with Crippen LogP contribution in [0.3, 0.4) is 0 Å². The molecule has 0 saturated carbocycles. The number of carbonyl (C=O) groups is 1. The number of sulfonamides is 1. The van der Waals surface area contributed by atoms with Gasteiger partial charge in [-0.15, -0.1) is 11.3 Å². The van der Waals surface area contributed by atoms with E-state index in [2.05, 4.69) is 4.72 Å². The van der Waals surface area contributed by atoms with Gasteiger partial charge in [-0.3, -0.25) is 0 Å². The van der Waals surface area contributed by atoms with E-state index in [-0.39, 0.29) is 15.5 Å². The second-order valence-electron chi connectivity index (χ2n) is 4.31. The number of benzene rings is 1. The fraction of sp³-hybridized carbons (Fsp3) is 0.154. The van der Waals surface area contributed by atoms with Crippen LogP contribution in [0.5, 0.6) is 0 Å². The molecule has 0 bridgehead atoms. The van der Waals surface area contributed by atoms with E-state index in [0.29, 0.717) is 0 Å². The number of carboxylic acids is 1. The van der Waals surface area contributed by atoms with Gasteiger partial charge < -0.3 is 5.11 Å². The van der Waals surface area contributed by atoms with Gasteiger partial charge >= 0.3 is 5.97 Å². The summed E-state index contributed by atoms with van der Waals surface area (Å²) in [5.74, 6) is -1.21. The van der Waals surface area contributed by atoms with E-state index in [1.165, 1.54) is 23.5 Å². The van der Waals surface area contributed by atoms with Crippen molar-refractivity contribution in [2.45, 2.75) is 17.9 Å². The molecule has 1 unspecified atom stereocenters. The van der Waals surface area contributed by atoms with Crippen molar-refractivity contribution < 1.29 is 18.3 Å². The summed E-state index contributed by atoms with van der Waals surface area (Å²) in [5.41, 5.74) is -0.136. The maximum Gasteiger partial charge on any atom is 0.335 e. The molecule has 0 aliphatic rings. The van der Waals surface area contributed by atoms with E-state index in [4.69, 9.17) is 16.7 Å². The Balaban J connectivity index is 2.35. The van der Waals surface area contributed by atoms with Crippen molar-refractivity contribution in [3.63, 3.8) is 0 Å². The Kier molecular flexibility index (Phi) is 4.67. The van der Waals surface area contributed by atoms with Crippen LogP contribution >= 0.6 is 22.9 Å². The molecule has 2 rings (SSSR count). The summed E-state index contributed by atoms with van der Waals surface area (Å²) in [7, 11) is -3.91. The highest BCUT2D eigenvalue weighted by molar-refractivity contribution is 7.89. The van der Waals surface area contributed by atoms with Crippen LogP contribution in [0.4, 0.5) is 0 Å². The molecule has 0 fully saturated rings. The van der Waals surface area contributed by atoms with Crippen LogP contribution in [0.15, 0.2) is 40.6 Å². The first kappa shape index (κ1) is 16.0. The first-order valence-corrected chi connectivity index (χ1v) is 8.64. The molecule has 1 heterocycles. The van der Waals surface area contributed by atoms with Crippen LogP contribution in [-0.2, 0) is 10.0 Å². The van der Waals surface area contributed by atoms with Gasteiger partial charge in [0.2, 0.25) is 10.0 Å². The lowest BCUT2D eigenvalue weighted by atomic mass is 10.2. The molecule has 0 radical (unpaired) electrons. The van der Waals surface area contributed by atoms with Crippen molar-refractivity contribution in [1.82, 2.24) is 4.72 Å². The molecule has 8 heteroatoms. The molecular formula is C13H12ClNO4S2. The normalized spacial score (nSPS) is 13.0. The zero-order chi connectivity index (χ0) is 15.6. The minimum atomic E-state index is -3.91. The standard InChI is InChI=1S/C13H12ClNO4S2/c1-8(11-3-2-6-20-11)15-21(18,19)12-7-9(13(16)17)4-5-10(12)14/h2-8,15H,1H3,(H,16,17). The molecule has 0 aliphatic carbocycles. The monoisotopic (exact) mass is 345 g/mol. The SMILES string of the molecule is CC(NS(=O)(=O)c1cc(C(=O)O)ccc1Cl)c1cccs1. The fourth-order valence-electron chi connectivity index (χ4n) is 1.73. The van der Waals surface area contributed by atoms with Gasteiger partial charge in [-0.05, 0) is 36.6 Å². The average molecular weight is 346 g/mol. The molecule has 0 aliphatic heterocycles. The molecule has 1 aromatic heterocycles. The Morgan fingerprint density at radius 2 is 2.10 bits per heavy atom. The fourth-order valence-corrected chi connectivity index (χ4v) is 4.29. The first-order chi connectivity index (χ1) is 9.81. The van der Waals surface area contributed by atoms with Crippen LogP contribution < -0.4 is 4.72 Å². The largest absolute Gasteiger partial charge is 0.478 e. The van der Waals surface area contributed by atoms with Crippen molar-refractivity contribution in [3.8, 4) is 0 Å². The third-order valence-corrected chi connectivity index (χ3v) is 5.85. The minimum absolute atomic E-state index is 0.0223. The lowest BCUT2D eigenvalue weighted by Crippen LogP contribution is -2.26. The van der Waals surface area contributed by atoms with E-state index in [0.717, 1.165) is 10.9 Å². The Labute approximate surface area is 131 Å². The van der Waals surface area contributed by atoms with Crippen molar-refractivity contribution >= 4 is 38.9 Å². The Morgan fingerprint density at radius 3 is 2.67 bits per heavy atom. The summed E-state index contributed by atoms with van der Waals surface area (Å²) in [6, 6.07) is 6.77. The summed E-state index contributed by atoms with van der Waals surface area (Å²) in [6.45, 7) is 1.71. The second-order valence-corrected chi connectivity index (χ2v) is 7.38. The van der Waals surface area contributed by atoms with Crippen molar-refractivity contribution in [1.29, 1.82) is 0 Å². The third kappa shape index (κ3) is 3.62. The summed E-state index contributed by atoms with van der Waals surface area (Å²) in [5, 5.41) is 10.8. The molecule has 0 amide bonds. The number of hydrogen-bond acceptors (Lipinski definition) is 4. The molecule has 112 valence electrons. The topological polar surface area (TPSA) is 83.5 Å². The molecule has 2 aromatic rings. The van der Waals surface area contributed by atoms with E-state index in [9.17, 15) is 13.2 Å². The number of carboxylic acid groups (broad SMARTS) is 1. The maximum absolute atomic E-state index is 12.3. The Bertz CT molecular complexity index is 756. The lowest BCUT2D eigenvalue weighted by molar-refractivity contribution is 0.0696. The van der Waals surface area contributed by atoms with Gasteiger partial charge in [0.1, 0.15) is 4.90 Å². The number of aromatic carboxylic acids is 1. The zero-order valence-corrected chi connectivity index (χ0v) is 13.3. The van der Waals surface area contributed by atoms with Gasteiger partial charge in [-0.25, -0.2) is 17.9 Å². The average Bonchev–Trinajstić information content (AvgIpc) is 2.92. The predicted octanol–water partition coefficient (Wildman–Crippen LogP) is 3.14. The van der Waals surface area contributed by atoms with E-state index in [1.54, 1.807) is 6.92 Å². The molecule has 2 N–H and O–H groups in total. The molecule has 5 nitrogen and oxygen atoms in total. The van der Waals surface area contributed by atoms with Gasteiger partial charge in [0.25, 0.3) is 0 Å². The maximum atomic E-state index is 12.3. The van der Waals surface area contributed by atoms with Gasteiger partial charge in [0.15, 0.2) is 0 Å². The molecule has 1 aromatic carbocycles. The van der Waals surface area contributed by atoms with Crippen LogP contribution in [0, 0.1) is 0 Å². The predicted molar refractivity (Wildman–Crippen MR) is 81.5 cm³/mol. The second kappa shape index (κ2) is 6.15. The molecule has 0 spiro atoms. The highest BCUT2D eigenvalue weighted by Crippen LogP contribution is 2.26. The highest BCUT2D eigenvalue weighted by Gasteiger charge is 2.23. The number of rotatable bonds is 5. The van der Waals surface area contributed by atoms with E-state index in [1.807, 2.05) is 17.5 Å².